The number of aromatic amines is 1. The zero-order valence-corrected chi connectivity index (χ0v) is 13.7. The van der Waals surface area contributed by atoms with Crippen LogP contribution in [0.1, 0.15) is 16.1 Å². The maximum absolute atomic E-state index is 12.2. The third-order valence-electron chi connectivity index (χ3n) is 3.53. The predicted molar refractivity (Wildman–Crippen MR) is 95.4 cm³/mol. The maximum atomic E-state index is 12.2. The molecule has 0 aliphatic heterocycles. The van der Waals surface area contributed by atoms with Gasteiger partial charge >= 0.3 is 0 Å². The van der Waals surface area contributed by atoms with Gasteiger partial charge in [-0.3, -0.25) is 9.89 Å². The molecule has 1 aromatic heterocycles. The molecular weight excluding hydrogens is 324 g/mol. The van der Waals surface area contributed by atoms with Crippen LogP contribution in [0.3, 0.4) is 0 Å². The average Bonchev–Trinajstić information content (AvgIpc) is 3.09. The fourth-order valence-corrected chi connectivity index (χ4v) is 2.33. The Morgan fingerprint density at radius 2 is 1.83 bits per heavy atom. The van der Waals surface area contributed by atoms with E-state index in [0.717, 1.165) is 22.7 Å². The van der Waals surface area contributed by atoms with E-state index < -0.39 is 0 Å². The number of nitrogens with zero attached hydrogens (tertiary/aromatic N) is 1. The van der Waals surface area contributed by atoms with Crippen molar-refractivity contribution in [2.75, 3.05) is 7.11 Å². The van der Waals surface area contributed by atoms with Gasteiger partial charge in [-0.05, 0) is 54.6 Å². The fourth-order valence-electron chi connectivity index (χ4n) is 2.21. The van der Waals surface area contributed by atoms with Crippen LogP contribution in [0.15, 0.2) is 60.7 Å². The summed E-state index contributed by atoms with van der Waals surface area (Å²) in [6, 6.07) is 16.3. The van der Waals surface area contributed by atoms with E-state index in [4.69, 9.17) is 16.3 Å². The highest BCUT2D eigenvalue weighted by atomic mass is 35.5. The summed E-state index contributed by atoms with van der Waals surface area (Å²) >= 11 is 5.88. The number of rotatable bonds is 5. The molecule has 0 aliphatic carbocycles. The average molecular weight is 339 g/mol. The number of ether oxygens (including phenoxy) is 1. The van der Waals surface area contributed by atoms with Gasteiger partial charge in [0.05, 0.1) is 18.5 Å². The van der Waals surface area contributed by atoms with Crippen molar-refractivity contribution in [2.24, 2.45) is 0 Å². The predicted octanol–water partition coefficient (Wildman–Crippen LogP) is 4.63. The molecular formula is C19H15ClN2O2. The Balaban J connectivity index is 1.72. The molecule has 0 aliphatic rings. The van der Waals surface area contributed by atoms with Crippen LogP contribution in [-0.4, -0.2) is 23.1 Å². The minimum Gasteiger partial charge on any atom is -0.497 e. The van der Waals surface area contributed by atoms with E-state index in [9.17, 15) is 4.79 Å². The lowest BCUT2D eigenvalue weighted by atomic mass is 10.1. The van der Waals surface area contributed by atoms with Gasteiger partial charge in [0.15, 0.2) is 5.78 Å². The summed E-state index contributed by atoms with van der Waals surface area (Å²) in [6.07, 6.45) is 3.22. The molecule has 0 radical (unpaired) electrons. The Morgan fingerprint density at radius 3 is 2.50 bits per heavy atom. The molecule has 3 rings (SSSR count). The second kappa shape index (κ2) is 7.15. The third kappa shape index (κ3) is 3.73. The van der Waals surface area contributed by atoms with Gasteiger partial charge in [-0.2, -0.15) is 5.10 Å². The van der Waals surface area contributed by atoms with Crippen LogP contribution in [0.4, 0.5) is 0 Å². The normalized spacial score (nSPS) is 10.9. The first kappa shape index (κ1) is 16.0. The van der Waals surface area contributed by atoms with Crippen LogP contribution in [0.2, 0.25) is 5.02 Å². The van der Waals surface area contributed by atoms with Gasteiger partial charge in [-0.15, -0.1) is 0 Å². The van der Waals surface area contributed by atoms with Crippen LogP contribution >= 0.6 is 11.6 Å². The first-order valence-electron chi connectivity index (χ1n) is 7.33. The zero-order chi connectivity index (χ0) is 16.9. The standard InChI is InChI=1S/C19H15ClN2O2/c1-24-17-9-4-14(5-10-17)19(23)11-8-16-12-18(22-21-16)13-2-6-15(20)7-3-13/h2-12H,1H3,(H,21,22). The summed E-state index contributed by atoms with van der Waals surface area (Å²) in [4.78, 5) is 12.2. The quantitative estimate of drug-likeness (QED) is 0.545. The summed E-state index contributed by atoms with van der Waals surface area (Å²) < 4.78 is 5.08. The van der Waals surface area contributed by atoms with Crippen LogP contribution in [0, 0.1) is 0 Å². The molecule has 0 bridgehead atoms. The summed E-state index contributed by atoms with van der Waals surface area (Å²) in [6.45, 7) is 0. The number of nitrogens with one attached hydrogen (secondary N) is 1. The van der Waals surface area contributed by atoms with Crippen molar-refractivity contribution in [3.8, 4) is 17.0 Å². The summed E-state index contributed by atoms with van der Waals surface area (Å²) in [5.41, 5.74) is 3.10. The number of aromatic nitrogens is 2. The van der Waals surface area contributed by atoms with Gasteiger partial charge in [0.25, 0.3) is 0 Å². The van der Waals surface area contributed by atoms with E-state index >= 15 is 0 Å². The van der Waals surface area contributed by atoms with Gasteiger partial charge in [0, 0.05) is 16.1 Å². The van der Waals surface area contributed by atoms with Gasteiger partial charge in [-0.25, -0.2) is 0 Å². The second-order valence-corrected chi connectivity index (χ2v) is 5.58. The van der Waals surface area contributed by atoms with Crippen molar-refractivity contribution in [3.05, 3.63) is 77.0 Å². The van der Waals surface area contributed by atoms with Crippen molar-refractivity contribution in [3.63, 3.8) is 0 Å². The van der Waals surface area contributed by atoms with Gasteiger partial charge in [0.1, 0.15) is 5.75 Å². The molecule has 4 nitrogen and oxygen atoms in total. The van der Waals surface area contributed by atoms with Crippen molar-refractivity contribution >= 4 is 23.5 Å². The molecule has 0 atom stereocenters. The van der Waals surface area contributed by atoms with E-state index in [1.807, 2.05) is 30.3 Å². The molecule has 0 saturated carbocycles. The molecule has 3 aromatic rings. The highest BCUT2D eigenvalue weighted by molar-refractivity contribution is 6.30. The molecule has 0 unspecified atom stereocenters. The largest absolute Gasteiger partial charge is 0.497 e. The Bertz CT molecular complexity index is 865. The molecule has 120 valence electrons. The first-order chi connectivity index (χ1) is 11.7. The molecule has 1 N–H and O–H groups in total. The number of carbonyl (C=O) groups excluding carboxylic acids is 1. The molecule has 0 amide bonds. The highest BCUT2D eigenvalue weighted by Gasteiger charge is 2.04. The Labute approximate surface area is 144 Å². The monoisotopic (exact) mass is 338 g/mol. The van der Waals surface area contributed by atoms with Crippen LogP contribution < -0.4 is 4.74 Å². The summed E-state index contributed by atoms with van der Waals surface area (Å²) in [7, 11) is 1.59. The molecule has 24 heavy (non-hydrogen) atoms. The highest BCUT2D eigenvalue weighted by Crippen LogP contribution is 2.20. The smallest absolute Gasteiger partial charge is 0.185 e. The zero-order valence-electron chi connectivity index (χ0n) is 13.0. The molecule has 1 heterocycles. The van der Waals surface area contributed by atoms with Gasteiger partial charge < -0.3 is 4.74 Å². The number of methoxy groups -OCH3 is 1. The van der Waals surface area contributed by atoms with Gasteiger partial charge in [0.2, 0.25) is 0 Å². The van der Waals surface area contributed by atoms with Gasteiger partial charge in [-0.1, -0.05) is 23.7 Å². The van der Waals surface area contributed by atoms with Crippen LogP contribution in [0.25, 0.3) is 17.3 Å². The SMILES string of the molecule is COc1ccc(C(=O)C=Cc2cc(-c3ccc(Cl)cc3)n[nH]2)cc1. The molecule has 2 aromatic carbocycles. The Hall–Kier alpha value is -2.85. The number of allylic oxidation sites excluding steroid dienone is 1. The molecule has 0 fully saturated rings. The van der Waals surface area contributed by atoms with E-state index in [1.165, 1.54) is 6.08 Å². The number of halogens is 1. The Morgan fingerprint density at radius 1 is 1.12 bits per heavy atom. The summed E-state index contributed by atoms with van der Waals surface area (Å²) in [5.74, 6) is 0.636. The number of carbonyl (C=O) groups is 1. The number of benzene rings is 2. The number of hydrogen-bond acceptors (Lipinski definition) is 3. The van der Waals surface area contributed by atoms with Crippen molar-refractivity contribution in [2.45, 2.75) is 0 Å². The lowest BCUT2D eigenvalue weighted by molar-refractivity contribution is 0.104. The Kier molecular flexibility index (Phi) is 4.77. The summed E-state index contributed by atoms with van der Waals surface area (Å²) in [5, 5.41) is 7.82. The lowest BCUT2D eigenvalue weighted by Crippen LogP contribution is -1.94. The van der Waals surface area contributed by atoms with Crippen LogP contribution in [-0.2, 0) is 0 Å². The first-order valence-corrected chi connectivity index (χ1v) is 7.71. The maximum Gasteiger partial charge on any atom is 0.185 e. The number of hydrogen-bond donors (Lipinski definition) is 1. The minimum atomic E-state index is -0.0831. The molecule has 5 heteroatoms. The number of H-pyrrole nitrogens is 1. The number of ketones is 1. The molecule has 0 saturated heterocycles. The minimum absolute atomic E-state index is 0.0831. The second-order valence-electron chi connectivity index (χ2n) is 5.14. The molecule has 0 spiro atoms. The van der Waals surface area contributed by atoms with Crippen molar-refractivity contribution in [1.29, 1.82) is 0 Å². The van der Waals surface area contributed by atoms with E-state index in [0.29, 0.717) is 10.6 Å². The lowest BCUT2D eigenvalue weighted by Gasteiger charge is -1.99. The van der Waals surface area contributed by atoms with E-state index in [2.05, 4.69) is 10.2 Å². The van der Waals surface area contributed by atoms with Crippen LogP contribution in [0.5, 0.6) is 5.75 Å². The van der Waals surface area contributed by atoms with E-state index in [-0.39, 0.29) is 5.78 Å². The topological polar surface area (TPSA) is 55.0 Å². The van der Waals surface area contributed by atoms with Crippen molar-refractivity contribution in [1.82, 2.24) is 10.2 Å². The van der Waals surface area contributed by atoms with E-state index in [1.54, 1.807) is 37.5 Å². The van der Waals surface area contributed by atoms with Crippen molar-refractivity contribution < 1.29 is 9.53 Å². The fraction of sp³-hybridized carbons (Fsp3) is 0.0526. The third-order valence-corrected chi connectivity index (χ3v) is 3.78.